The van der Waals surface area contributed by atoms with E-state index in [2.05, 4.69) is 0 Å². The Morgan fingerprint density at radius 2 is 1.71 bits per heavy atom. The van der Waals surface area contributed by atoms with Gasteiger partial charge in [-0.15, -0.1) is 0 Å². The third-order valence-electron chi connectivity index (χ3n) is 5.76. The van der Waals surface area contributed by atoms with Gasteiger partial charge >= 0.3 is 0 Å². The average Bonchev–Trinajstić information content (AvgIpc) is 3.13. The number of rotatable bonds is 9. The first-order valence-corrected chi connectivity index (χ1v) is 11.4. The van der Waals surface area contributed by atoms with Crippen molar-refractivity contribution in [2.75, 3.05) is 13.2 Å². The minimum absolute atomic E-state index is 0.0823. The van der Waals surface area contributed by atoms with Crippen molar-refractivity contribution in [1.29, 1.82) is 0 Å². The summed E-state index contributed by atoms with van der Waals surface area (Å²) >= 11 is 0. The third-order valence-corrected chi connectivity index (χ3v) is 5.76. The molecule has 1 aliphatic rings. The second-order valence-electron chi connectivity index (χ2n) is 8.01. The molecule has 1 heterocycles. The number of hydrogen-bond acceptors (Lipinski definition) is 4. The summed E-state index contributed by atoms with van der Waals surface area (Å²) in [6.07, 6.45) is 3.70. The summed E-state index contributed by atoms with van der Waals surface area (Å²) in [4.78, 5) is 28.0. The Kier molecular flexibility index (Phi) is 7.23. The normalized spacial score (nSPS) is 15.9. The van der Waals surface area contributed by atoms with Crippen molar-refractivity contribution in [2.24, 2.45) is 0 Å². The fraction of sp³-hybridized carbons (Fsp3) is 0.172. The van der Waals surface area contributed by atoms with Crippen molar-refractivity contribution in [1.82, 2.24) is 4.90 Å². The van der Waals surface area contributed by atoms with Gasteiger partial charge in [0.05, 0.1) is 18.2 Å². The number of nitrogens with zero attached hydrogens (tertiary/aromatic N) is 1. The van der Waals surface area contributed by atoms with Crippen LogP contribution in [0.2, 0.25) is 0 Å². The van der Waals surface area contributed by atoms with Crippen LogP contribution in [0.1, 0.15) is 29.7 Å². The number of aliphatic hydroxyl groups is 1. The van der Waals surface area contributed by atoms with Gasteiger partial charge < -0.3 is 14.7 Å². The summed E-state index contributed by atoms with van der Waals surface area (Å²) in [5.41, 5.74) is 2.73. The zero-order valence-electron chi connectivity index (χ0n) is 19.1. The smallest absolute Gasteiger partial charge is 0.290 e. The maximum Gasteiger partial charge on any atom is 0.290 e. The van der Waals surface area contributed by atoms with E-state index >= 15 is 0 Å². The largest absolute Gasteiger partial charge is 0.503 e. The van der Waals surface area contributed by atoms with E-state index in [9.17, 15) is 14.7 Å². The standard InChI is InChI=1S/C29H27NO4/c1-2-34-24-15-9-14-23(20-24)27-26(25(31)17-16-21-10-5-3-6-11-21)28(32)29(33)30(27)19-18-22-12-7-4-8-13-22/h3-17,20,27,32H,2,18-19H2,1H3/b17-16+. The van der Waals surface area contributed by atoms with E-state index in [1.54, 1.807) is 11.0 Å². The van der Waals surface area contributed by atoms with Gasteiger partial charge in [0.25, 0.3) is 5.91 Å². The number of carbonyl (C=O) groups excluding carboxylic acids is 2. The van der Waals surface area contributed by atoms with E-state index < -0.39 is 23.5 Å². The van der Waals surface area contributed by atoms with Crippen LogP contribution in [-0.4, -0.2) is 34.8 Å². The summed E-state index contributed by atoms with van der Waals surface area (Å²) in [5.74, 6) is -0.793. The number of benzene rings is 3. The molecule has 3 aromatic carbocycles. The van der Waals surface area contributed by atoms with E-state index in [4.69, 9.17) is 4.74 Å². The topological polar surface area (TPSA) is 66.8 Å². The van der Waals surface area contributed by atoms with Gasteiger partial charge in [-0.3, -0.25) is 9.59 Å². The van der Waals surface area contributed by atoms with E-state index in [1.165, 1.54) is 6.08 Å². The Morgan fingerprint density at radius 3 is 2.41 bits per heavy atom. The second kappa shape index (κ2) is 10.7. The minimum atomic E-state index is -0.704. The van der Waals surface area contributed by atoms with Gasteiger partial charge in [0.2, 0.25) is 0 Å². The van der Waals surface area contributed by atoms with Gasteiger partial charge in [-0.2, -0.15) is 0 Å². The Morgan fingerprint density at radius 1 is 1.00 bits per heavy atom. The Hall–Kier alpha value is -4.12. The predicted octanol–water partition coefficient (Wildman–Crippen LogP) is 5.31. The molecule has 0 spiro atoms. The summed E-state index contributed by atoms with van der Waals surface area (Å²) in [5, 5.41) is 10.8. The van der Waals surface area contributed by atoms with Crippen LogP contribution in [0.25, 0.3) is 6.08 Å². The lowest BCUT2D eigenvalue weighted by Gasteiger charge is -2.27. The highest BCUT2D eigenvalue weighted by Crippen LogP contribution is 2.39. The summed E-state index contributed by atoms with van der Waals surface area (Å²) in [7, 11) is 0. The molecule has 1 atom stereocenters. The SMILES string of the molecule is CCOc1cccc(C2C(C(=O)/C=C/c3ccccc3)=C(O)C(=O)N2CCc2ccccc2)c1. The van der Waals surface area contributed by atoms with Crippen LogP contribution >= 0.6 is 0 Å². The molecule has 34 heavy (non-hydrogen) atoms. The van der Waals surface area contributed by atoms with Crippen LogP contribution in [0.5, 0.6) is 5.75 Å². The van der Waals surface area contributed by atoms with E-state index in [1.807, 2.05) is 91.9 Å². The molecule has 0 aromatic heterocycles. The molecular weight excluding hydrogens is 426 g/mol. The lowest BCUT2D eigenvalue weighted by Crippen LogP contribution is -2.33. The van der Waals surface area contributed by atoms with Crippen LogP contribution in [0, 0.1) is 0 Å². The minimum Gasteiger partial charge on any atom is -0.503 e. The van der Waals surface area contributed by atoms with Crippen molar-refractivity contribution in [3.63, 3.8) is 0 Å². The van der Waals surface area contributed by atoms with Crippen molar-refractivity contribution < 1.29 is 19.4 Å². The molecule has 1 aliphatic heterocycles. The van der Waals surface area contributed by atoms with Crippen LogP contribution in [0.15, 0.2) is 102 Å². The first-order valence-electron chi connectivity index (χ1n) is 11.4. The molecule has 0 aliphatic carbocycles. The van der Waals surface area contributed by atoms with Gasteiger partial charge in [0.1, 0.15) is 5.75 Å². The highest BCUT2D eigenvalue weighted by Gasteiger charge is 2.42. The number of amides is 1. The zero-order valence-corrected chi connectivity index (χ0v) is 19.1. The van der Waals surface area contributed by atoms with Crippen molar-refractivity contribution in [3.05, 3.63) is 119 Å². The predicted molar refractivity (Wildman–Crippen MR) is 132 cm³/mol. The molecule has 0 saturated heterocycles. The molecule has 4 rings (SSSR count). The molecule has 3 aromatic rings. The molecule has 0 saturated carbocycles. The van der Waals surface area contributed by atoms with Gasteiger partial charge in [0.15, 0.2) is 11.5 Å². The first kappa shape index (κ1) is 23.1. The first-order chi connectivity index (χ1) is 16.6. The van der Waals surface area contributed by atoms with Crippen molar-refractivity contribution in [3.8, 4) is 5.75 Å². The molecule has 1 N–H and O–H groups in total. The number of aliphatic hydroxyl groups excluding tert-OH is 1. The number of ketones is 1. The van der Waals surface area contributed by atoms with E-state index in [-0.39, 0.29) is 5.57 Å². The fourth-order valence-electron chi connectivity index (χ4n) is 4.14. The van der Waals surface area contributed by atoms with Gasteiger partial charge in [0, 0.05) is 6.54 Å². The molecule has 5 nitrogen and oxygen atoms in total. The fourth-order valence-corrected chi connectivity index (χ4v) is 4.14. The maximum atomic E-state index is 13.3. The van der Waals surface area contributed by atoms with Gasteiger partial charge in [-0.1, -0.05) is 78.9 Å². The van der Waals surface area contributed by atoms with Crippen LogP contribution in [0.4, 0.5) is 0 Å². The Bertz CT molecular complexity index is 1220. The van der Waals surface area contributed by atoms with E-state index in [0.29, 0.717) is 30.9 Å². The Balaban J connectivity index is 1.68. The molecule has 0 bridgehead atoms. The molecule has 1 amide bonds. The zero-order chi connectivity index (χ0) is 23.9. The molecule has 172 valence electrons. The Labute approximate surface area is 199 Å². The maximum absolute atomic E-state index is 13.3. The number of allylic oxidation sites excluding steroid dienone is 1. The van der Waals surface area contributed by atoms with Crippen LogP contribution < -0.4 is 4.74 Å². The average molecular weight is 454 g/mol. The summed E-state index contributed by atoms with van der Waals surface area (Å²) in [6.45, 7) is 2.75. The number of hydrogen-bond donors (Lipinski definition) is 1. The monoisotopic (exact) mass is 453 g/mol. The number of carbonyl (C=O) groups is 2. The summed E-state index contributed by atoms with van der Waals surface area (Å²) in [6, 6.07) is 25.9. The molecule has 5 heteroatoms. The van der Waals surface area contributed by atoms with Gasteiger partial charge in [-0.25, -0.2) is 0 Å². The molecule has 0 radical (unpaired) electrons. The lowest BCUT2D eigenvalue weighted by molar-refractivity contribution is -0.129. The highest BCUT2D eigenvalue weighted by molar-refractivity contribution is 6.14. The van der Waals surface area contributed by atoms with Crippen molar-refractivity contribution in [2.45, 2.75) is 19.4 Å². The third kappa shape index (κ3) is 5.09. The van der Waals surface area contributed by atoms with Crippen molar-refractivity contribution >= 4 is 17.8 Å². The quantitative estimate of drug-likeness (QED) is 0.446. The second-order valence-corrected chi connectivity index (χ2v) is 8.01. The lowest BCUT2D eigenvalue weighted by atomic mass is 9.95. The molecule has 1 unspecified atom stereocenters. The molecular formula is C29H27NO4. The highest BCUT2D eigenvalue weighted by atomic mass is 16.5. The van der Waals surface area contributed by atoms with Gasteiger partial charge in [-0.05, 0) is 48.2 Å². The van der Waals surface area contributed by atoms with E-state index in [0.717, 1.165) is 11.1 Å². The summed E-state index contributed by atoms with van der Waals surface area (Å²) < 4.78 is 5.64. The number of ether oxygens (including phenoxy) is 1. The van der Waals surface area contributed by atoms with Crippen LogP contribution in [0.3, 0.4) is 0 Å². The molecule has 0 fully saturated rings. The van der Waals surface area contributed by atoms with Crippen LogP contribution in [-0.2, 0) is 16.0 Å².